The zero-order chi connectivity index (χ0) is 20.6. The number of anilines is 1. The molecule has 2 amide bonds. The van der Waals surface area contributed by atoms with E-state index in [0.29, 0.717) is 17.8 Å². The molecule has 0 fully saturated rings. The third-order valence-electron chi connectivity index (χ3n) is 4.21. The van der Waals surface area contributed by atoms with Gasteiger partial charge in [0.15, 0.2) is 18.2 Å². The highest BCUT2D eigenvalue weighted by molar-refractivity contribution is 6.04. The van der Waals surface area contributed by atoms with E-state index >= 15 is 0 Å². The number of nitrogens with one attached hydrogen (secondary N) is 2. The Labute approximate surface area is 168 Å². The van der Waals surface area contributed by atoms with Gasteiger partial charge in [-0.3, -0.25) is 9.59 Å². The van der Waals surface area contributed by atoms with E-state index in [0.717, 1.165) is 11.1 Å². The van der Waals surface area contributed by atoms with E-state index in [1.54, 1.807) is 30.3 Å². The maximum atomic E-state index is 13.6. The molecule has 148 valence electrons. The van der Waals surface area contributed by atoms with E-state index in [9.17, 15) is 14.0 Å². The Morgan fingerprint density at radius 2 is 1.62 bits per heavy atom. The summed E-state index contributed by atoms with van der Waals surface area (Å²) in [4.78, 5) is 24.8. The Balaban J connectivity index is 1.60. The number of benzene rings is 3. The second-order valence-corrected chi connectivity index (χ2v) is 6.48. The highest BCUT2D eigenvalue weighted by Gasteiger charge is 2.14. The largest absolute Gasteiger partial charge is 0.481 e. The lowest BCUT2D eigenvalue weighted by Crippen LogP contribution is -2.26. The van der Waals surface area contributed by atoms with Gasteiger partial charge in [-0.1, -0.05) is 54.1 Å². The molecular formula is C23H21FN2O3. The first-order valence-corrected chi connectivity index (χ1v) is 9.13. The topological polar surface area (TPSA) is 67.4 Å². The minimum Gasteiger partial charge on any atom is -0.481 e. The van der Waals surface area contributed by atoms with Crippen molar-refractivity contribution in [3.05, 3.63) is 95.3 Å². The van der Waals surface area contributed by atoms with E-state index < -0.39 is 11.7 Å². The van der Waals surface area contributed by atoms with Gasteiger partial charge in [0.05, 0.1) is 11.3 Å². The van der Waals surface area contributed by atoms with Crippen LogP contribution in [0.1, 0.15) is 21.5 Å². The highest BCUT2D eigenvalue weighted by Crippen LogP contribution is 2.17. The molecule has 0 unspecified atom stereocenters. The molecule has 0 spiro atoms. The van der Waals surface area contributed by atoms with E-state index in [2.05, 4.69) is 10.6 Å². The van der Waals surface area contributed by atoms with Crippen LogP contribution in [0.5, 0.6) is 5.75 Å². The summed E-state index contributed by atoms with van der Waals surface area (Å²) in [7, 11) is 0. The SMILES string of the molecule is Cc1ccc(CNC(=O)c2ccccc2NC(=O)COc2ccccc2F)cc1. The molecule has 29 heavy (non-hydrogen) atoms. The number of ether oxygens (including phenoxy) is 1. The molecule has 0 heterocycles. The maximum Gasteiger partial charge on any atom is 0.262 e. The van der Waals surface area contributed by atoms with Crippen LogP contribution >= 0.6 is 0 Å². The molecule has 0 bridgehead atoms. The Morgan fingerprint density at radius 1 is 0.931 bits per heavy atom. The van der Waals surface area contributed by atoms with Crippen LogP contribution in [0.25, 0.3) is 0 Å². The molecule has 0 saturated carbocycles. The average Bonchev–Trinajstić information content (AvgIpc) is 2.73. The molecule has 0 saturated heterocycles. The fraction of sp³-hybridized carbons (Fsp3) is 0.130. The third-order valence-corrected chi connectivity index (χ3v) is 4.21. The van der Waals surface area contributed by atoms with Gasteiger partial charge in [-0.25, -0.2) is 4.39 Å². The molecule has 0 radical (unpaired) electrons. The number of aryl methyl sites for hydroxylation is 1. The van der Waals surface area contributed by atoms with Crippen molar-refractivity contribution in [1.82, 2.24) is 5.32 Å². The number of carbonyl (C=O) groups excluding carboxylic acids is 2. The van der Waals surface area contributed by atoms with Crippen LogP contribution in [-0.2, 0) is 11.3 Å². The molecule has 3 rings (SSSR count). The summed E-state index contributed by atoms with van der Waals surface area (Å²) in [6.07, 6.45) is 0. The fourth-order valence-corrected chi connectivity index (χ4v) is 2.66. The number of amides is 2. The molecule has 0 aromatic heterocycles. The van der Waals surface area contributed by atoms with E-state index in [-0.39, 0.29) is 18.3 Å². The van der Waals surface area contributed by atoms with Gasteiger partial charge in [0, 0.05) is 6.54 Å². The lowest BCUT2D eigenvalue weighted by molar-refractivity contribution is -0.118. The van der Waals surface area contributed by atoms with Gasteiger partial charge in [-0.2, -0.15) is 0 Å². The molecular weight excluding hydrogens is 371 g/mol. The number of carbonyl (C=O) groups is 2. The normalized spacial score (nSPS) is 10.3. The van der Waals surface area contributed by atoms with Crippen LogP contribution in [0.2, 0.25) is 0 Å². The van der Waals surface area contributed by atoms with E-state index in [4.69, 9.17) is 4.74 Å². The van der Waals surface area contributed by atoms with Crippen molar-refractivity contribution in [2.24, 2.45) is 0 Å². The van der Waals surface area contributed by atoms with Crippen LogP contribution < -0.4 is 15.4 Å². The fourth-order valence-electron chi connectivity index (χ4n) is 2.66. The second kappa shape index (κ2) is 9.50. The molecule has 0 aliphatic carbocycles. The first-order chi connectivity index (χ1) is 14.0. The van der Waals surface area contributed by atoms with Crippen molar-refractivity contribution in [2.75, 3.05) is 11.9 Å². The van der Waals surface area contributed by atoms with Gasteiger partial charge in [0.1, 0.15) is 0 Å². The monoisotopic (exact) mass is 392 g/mol. The van der Waals surface area contributed by atoms with E-state index in [1.807, 2.05) is 31.2 Å². The van der Waals surface area contributed by atoms with Crippen molar-refractivity contribution in [2.45, 2.75) is 13.5 Å². The van der Waals surface area contributed by atoms with Crippen LogP contribution in [0, 0.1) is 12.7 Å². The number of halogens is 1. The molecule has 5 nitrogen and oxygen atoms in total. The Bertz CT molecular complexity index is 1000. The number of para-hydroxylation sites is 2. The summed E-state index contributed by atoms with van der Waals surface area (Å²) in [6, 6.07) is 20.4. The van der Waals surface area contributed by atoms with Gasteiger partial charge >= 0.3 is 0 Å². The summed E-state index contributed by atoms with van der Waals surface area (Å²) in [5.74, 6) is -1.36. The smallest absolute Gasteiger partial charge is 0.262 e. The Morgan fingerprint density at radius 3 is 2.38 bits per heavy atom. The van der Waals surface area contributed by atoms with Crippen molar-refractivity contribution in [3.8, 4) is 5.75 Å². The third kappa shape index (κ3) is 5.65. The Kier molecular flexibility index (Phi) is 6.58. The van der Waals surface area contributed by atoms with Crippen LogP contribution in [0.4, 0.5) is 10.1 Å². The van der Waals surface area contributed by atoms with E-state index in [1.165, 1.54) is 18.2 Å². The molecule has 2 N–H and O–H groups in total. The summed E-state index contributed by atoms with van der Waals surface area (Å²) in [5, 5.41) is 5.48. The van der Waals surface area contributed by atoms with Crippen molar-refractivity contribution >= 4 is 17.5 Å². The lowest BCUT2D eigenvalue weighted by Gasteiger charge is -2.12. The van der Waals surface area contributed by atoms with Gasteiger partial charge in [0.25, 0.3) is 11.8 Å². The minimum atomic E-state index is -0.545. The van der Waals surface area contributed by atoms with Crippen LogP contribution in [0.15, 0.2) is 72.8 Å². The average molecular weight is 392 g/mol. The second-order valence-electron chi connectivity index (χ2n) is 6.48. The highest BCUT2D eigenvalue weighted by atomic mass is 19.1. The van der Waals surface area contributed by atoms with Crippen molar-refractivity contribution in [3.63, 3.8) is 0 Å². The summed E-state index contributed by atoms with van der Waals surface area (Å²) >= 11 is 0. The number of hydrogen-bond acceptors (Lipinski definition) is 3. The molecule has 0 atom stereocenters. The standard InChI is InChI=1S/C23H21FN2O3/c1-16-10-12-17(13-11-16)14-25-23(28)18-6-2-4-8-20(18)26-22(27)15-29-21-9-5-3-7-19(21)24/h2-13H,14-15H2,1H3,(H,25,28)(H,26,27). The van der Waals surface area contributed by atoms with Crippen molar-refractivity contribution in [1.29, 1.82) is 0 Å². The maximum absolute atomic E-state index is 13.6. The quantitative estimate of drug-likeness (QED) is 0.637. The molecule has 0 aliphatic heterocycles. The number of hydrogen-bond donors (Lipinski definition) is 2. The van der Waals surface area contributed by atoms with Gasteiger partial charge in [-0.15, -0.1) is 0 Å². The summed E-state index contributed by atoms with van der Waals surface area (Å²) in [6.45, 7) is 2.00. The summed E-state index contributed by atoms with van der Waals surface area (Å²) in [5.41, 5.74) is 2.81. The molecule has 3 aromatic carbocycles. The Hall–Kier alpha value is -3.67. The van der Waals surface area contributed by atoms with Crippen molar-refractivity contribution < 1.29 is 18.7 Å². The molecule has 6 heteroatoms. The predicted octanol–water partition coefficient (Wildman–Crippen LogP) is 4.08. The zero-order valence-corrected chi connectivity index (χ0v) is 15.9. The predicted molar refractivity (Wildman–Crippen MR) is 109 cm³/mol. The van der Waals surface area contributed by atoms with Gasteiger partial charge in [-0.05, 0) is 36.8 Å². The van der Waals surface area contributed by atoms with Crippen LogP contribution in [0.3, 0.4) is 0 Å². The van der Waals surface area contributed by atoms with Gasteiger partial charge in [0.2, 0.25) is 0 Å². The molecule has 3 aromatic rings. The molecule has 0 aliphatic rings. The first-order valence-electron chi connectivity index (χ1n) is 9.13. The van der Waals surface area contributed by atoms with Crippen LogP contribution in [-0.4, -0.2) is 18.4 Å². The minimum absolute atomic E-state index is 0.00761. The van der Waals surface area contributed by atoms with Gasteiger partial charge < -0.3 is 15.4 Å². The zero-order valence-electron chi connectivity index (χ0n) is 15.9. The summed E-state index contributed by atoms with van der Waals surface area (Å²) < 4.78 is 18.8. The lowest BCUT2D eigenvalue weighted by atomic mass is 10.1. The first kappa shape index (κ1) is 20.1. The number of rotatable bonds is 7.